The van der Waals surface area contributed by atoms with Crippen LogP contribution in [0.15, 0.2) is 47.4 Å². The maximum Gasteiger partial charge on any atom is 0.270 e. The van der Waals surface area contributed by atoms with Crippen LogP contribution >= 0.6 is 0 Å². The molecule has 1 unspecified atom stereocenters. The predicted molar refractivity (Wildman–Crippen MR) is 93.8 cm³/mol. The first-order valence-electron chi connectivity index (χ1n) is 7.65. The average molecular weight is 382 g/mol. The molecule has 0 bridgehead atoms. The number of hydrogen-bond donors (Lipinski definition) is 1. The first kappa shape index (κ1) is 20.0. The standard InChI is InChI=1S/C17H19FN2O5S/c1-12-8-9-13(20(21)22)10-16(12)26(23,24)19-11-17(2,25-3)14-6-4-5-7-15(14)18/h4-10,19H,11H2,1-3H3. The molecule has 0 spiro atoms. The van der Waals surface area contributed by atoms with Gasteiger partial charge in [0.1, 0.15) is 11.4 Å². The minimum absolute atomic E-state index is 0.195. The molecule has 0 fully saturated rings. The Balaban J connectivity index is 2.34. The summed E-state index contributed by atoms with van der Waals surface area (Å²) in [5.41, 5.74) is -1.04. The zero-order chi connectivity index (χ0) is 19.5. The van der Waals surface area contributed by atoms with Crippen LogP contribution in [-0.4, -0.2) is 27.0 Å². The lowest BCUT2D eigenvalue weighted by molar-refractivity contribution is -0.385. The Labute approximate surface area is 151 Å². The van der Waals surface area contributed by atoms with Gasteiger partial charge in [-0.15, -0.1) is 0 Å². The van der Waals surface area contributed by atoms with Gasteiger partial charge in [0.25, 0.3) is 5.69 Å². The smallest absolute Gasteiger partial charge is 0.270 e. The van der Waals surface area contributed by atoms with Crippen molar-refractivity contribution in [2.45, 2.75) is 24.3 Å². The maximum absolute atomic E-state index is 14.1. The van der Waals surface area contributed by atoms with Crippen molar-refractivity contribution >= 4 is 15.7 Å². The third kappa shape index (κ3) is 4.06. The van der Waals surface area contributed by atoms with Crippen molar-refractivity contribution in [1.82, 2.24) is 4.72 Å². The van der Waals surface area contributed by atoms with Gasteiger partial charge in [-0.05, 0) is 25.5 Å². The molecule has 0 aromatic heterocycles. The monoisotopic (exact) mass is 382 g/mol. The lowest BCUT2D eigenvalue weighted by Gasteiger charge is -2.29. The quantitative estimate of drug-likeness (QED) is 0.586. The summed E-state index contributed by atoms with van der Waals surface area (Å²) in [6, 6.07) is 9.48. The molecule has 0 aliphatic rings. The van der Waals surface area contributed by atoms with E-state index in [0.29, 0.717) is 5.56 Å². The predicted octanol–water partition coefficient (Wildman–Crippen LogP) is 2.88. The van der Waals surface area contributed by atoms with E-state index in [1.807, 2.05) is 0 Å². The Morgan fingerprint density at radius 3 is 2.50 bits per heavy atom. The summed E-state index contributed by atoms with van der Waals surface area (Å²) < 4.78 is 47.0. The van der Waals surface area contributed by atoms with Gasteiger partial charge in [-0.2, -0.15) is 0 Å². The molecule has 9 heteroatoms. The van der Waals surface area contributed by atoms with Gasteiger partial charge in [0, 0.05) is 31.4 Å². The molecule has 26 heavy (non-hydrogen) atoms. The largest absolute Gasteiger partial charge is 0.372 e. The molecule has 0 heterocycles. The van der Waals surface area contributed by atoms with Crippen LogP contribution in [0, 0.1) is 22.9 Å². The van der Waals surface area contributed by atoms with Crippen LogP contribution in [0.1, 0.15) is 18.1 Å². The Bertz CT molecular complexity index is 933. The fraction of sp³-hybridized carbons (Fsp3) is 0.294. The second kappa shape index (κ2) is 7.48. The van der Waals surface area contributed by atoms with Crippen molar-refractivity contribution in [2.24, 2.45) is 0 Å². The molecular weight excluding hydrogens is 363 g/mol. The Morgan fingerprint density at radius 1 is 1.27 bits per heavy atom. The zero-order valence-corrected chi connectivity index (χ0v) is 15.3. The van der Waals surface area contributed by atoms with Crippen molar-refractivity contribution in [3.63, 3.8) is 0 Å². The Kier molecular flexibility index (Phi) is 5.74. The number of benzene rings is 2. The summed E-state index contributed by atoms with van der Waals surface area (Å²) in [6.45, 7) is 2.83. The van der Waals surface area contributed by atoms with Crippen LogP contribution in [0.3, 0.4) is 0 Å². The van der Waals surface area contributed by atoms with Crippen molar-refractivity contribution < 1.29 is 22.5 Å². The van der Waals surface area contributed by atoms with Gasteiger partial charge in [-0.25, -0.2) is 17.5 Å². The van der Waals surface area contributed by atoms with Crippen molar-refractivity contribution in [3.8, 4) is 0 Å². The van der Waals surface area contributed by atoms with Gasteiger partial charge in [0.05, 0.1) is 9.82 Å². The highest BCUT2D eigenvalue weighted by Gasteiger charge is 2.32. The number of hydrogen-bond acceptors (Lipinski definition) is 5. The van der Waals surface area contributed by atoms with E-state index in [-0.39, 0.29) is 22.7 Å². The number of aryl methyl sites for hydroxylation is 1. The van der Waals surface area contributed by atoms with Gasteiger partial charge in [0.2, 0.25) is 10.0 Å². The lowest BCUT2D eigenvalue weighted by atomic mass is 9.95. The van der Waals surface area contributed by atoms with Gasteiger partial charge in [-0.3, -0.25) is 10.1 Å². The van der Waals surface area contributed by atoms with Crippen LogP contribution in [0.25, 0.3) is 0 Å². The molecule has 0 saturated heterocycles. The van der Waals surface area contributed by atoms with Crippen LogP contribution in [0.4, 0.5) is 10.1 Å². The molecule has 1 N–H and O–H groups in total. The van der Waals surface area contributed by atoms with Crippen molar-refractivity contribution in [1.29, 1.82) is 0 Å². The van der Waals surface area contributed by atoms with E-state index in [1.165, 1.54) is 44.4 Å². The summed E-state index contributed by atoms with van der Waals surface area (Å²) in [5, 5.41) is 10.9. The number of non-ortho nitro benzene ring substituents is 1. The van der Waals surface area contributed by atoms with E-state index in [0.717, 1.165) is 6.07 Å². The summed E-state index contributed by atoms with van der Waals surface area (Å²) in [7, 11) is -2.72. The number of nitro groups is 1. The highest BCUT2D eigenvalue weighted by molar-refractivity contribution is 7.89. The molecule has 7 nitrogen and oxygen atoms in total. The fourth-order valence-electron chi connectivity index (χ4n) is 2.47. The summed E-state index contributed by atoms with van der Waals surface area (Å²) in [6.07, 6.45) is 0. The third-order valence-corrected chi connectivity index (χ3v) is 5.71. The van der Waals surface area contributed by atoms with E-state index < -0.39 is 26.4 Å². The van der Waals surface area contributed by atoms with Crippen LogP contribution in [0.5, 0.6) is 0 Å². The van der Waals surface area contributed by atoms with Gasteiger partial charge in [0.15, 0.2) is 0 Å². The SMILES string of the molecule is COC(C)(CNS(=O)(=O)c1cc([N+](=O)[O-])ccc1C)c1ccccc1F. The van der Waals surface area contributed by atoms with E-state index in [4.69, 9.17) is 4.74 Å². The minimum Gasteiger partial charge on any atom is -0.372 e. The molecule has 0 amide bonds. The first-order chi connectivity index (χ1) is 12.1. The third-order valence-electron chi connectivity index (χ3n) is 4.17. The van der Waals surface area contributed by atoms with Crippen molar-refractivity contribution in [2.75, 3.05) is 13.7 Å². The first-order valence-corrected chi connectivity index (χ1v) is 9.14. The minimum atomic E-state index is -4.07. The molecule has 1 atom stereocenters. The molecule has 2 aromatic carbocycles. The number of nitro benzene ring substituents is 1. The van der Waals surface area contributed by atoms with Gasteiger partial charge >= 0.3 is 0 Å². The van der Waals surface area contributed by atoms with E-state index in [1.54, 1.807) is 13.0 Å². The number of rotatable bonds is 7. The van der Waals surface area contributed by atoms with E-state index in [9.17, 15) is 22.9 Å². The molecule has 0 aliphatic carbocycles. The van der Waals surface area contributed by atoms with Crippen LogP contribution < -0.4 is 4.72 Å². The van der Waals surface area contributed by atoms with Gasteiger partial charge < -0.3 is 4.74 Å². The van der Waals surface area contributed by atoms with E-state index >= 15 is 0 Å². The van der Waals surface area contributed by atoms with E-state index in [2.05, 4.69) is 4.72 Å². The second-order valence-corrected chi connectivity index (χ2v) is 7.68. The Morgan fingerprint density at radius 2 is 1.92 bits per heavy atom. The zero-order valence-electron chi connectivity index (χ0n) is 14.5. The maximum atomic E-state index is 14.1. The average Bonchev–Trinajstić information content (AvgIpc) is 2.60. The lowest BCUT2D eigenvalue weighted by Crippen LogP contribution is -2.40. The highest BCUT2D eigenvalue weighted by atomic mass is 32.2. The topological polar surface area (TPSA) is 98.5 Å². The normalized spacial score (nSPS) is 14.0. The molecule has 2 aromatic rings. The number of nitrogens with one attached hydrogen (secondary N) is 1. The second-order valence-electron chi connectivity index (χ2n) is 5.95. The molecule has 0 aliphatic heterocycles. The molecule has 0 radical (unpaired) electrons. The summed E-state index contributed by atoms with van der Waals surface area (Å²) in [5.74, 6) is -0.525. The van der Waals surface area contributed by atoms with Gasteiger partial charge in [-0.1, -0.05) is 24.3 Å². The fourth-order valence-corrected chi connectivity index (χ4v) is 3.86. The van der Waals surface area contributed by atoms with Crippen molar-refractivity contribution in [3.05, 3.63) is 69.5 Å². The molecule has 140 valence electrons. The summed E-state index contributed by atoms with van der Waals surface area (Å²) >= 11 is 0. The van der Waals surface area contributed by atoms with Crippen LogP contribution in [0.2, 0.25) is 0 Å². The highest BCUT2D eigenvalue weighted by Crippen LogP contribution is 2.28. The number of halogens is 1. The molecular formula is C17H19FN2O5S. The number of sulfonamides is 1. The molecule has 0 saturated carbocycles. The molecule has 2 rings (SSSR count). The number of nitrogens with zero attached hydrogens (tertiary/aromatic N) is 1. The Hall–Kier alpha value is -2.36. The number of methoxy groups -OCH3 is 1. The van der Waals surface area contributed by atoms with Crippen LogP contribution in [-0.2, 0) is 20.4 Å². The summed E-state index contributed by atoms with van der Waals surface area (Å²) in [4.78, 5) is 10.0. The number of ether oxygens (including phenoxy) is 1.